The van der Waals surface area contributed by atoms with Gasteiger partial charge in [-0.05, 0) is 30.2 Å². The van der Waals surface area contributed by atoms with Crippen LogP contribution < -0.4 is 5.32 Å². The Labute approximate surface area is 95.7 Å². The van der Waals surface area contributed by atoms with Crippen molar-refractivity contribution in [2.45, 2.75) is 6.42 Å². The second kappa shape index (κ2) is 5.12. The van der Waals surface area contributed by atoms with Crippen LogP contribution in [0.4, 0.5) is 11.4 Å². The summed E-state index contributed by atoms with van der Waals surface area (Å²) in [5.41, 5.74) is 3.24. The quantitative estimate of drug-likeness (QED) is 0.780. The highest BCUT2D eigenvalue weighted by Gasteiger charge is 1.96. The lowest BCUT2D eigenvalue weighted by Gasteiger charge is -2.06. The maximum Gasteiger partial charge on any atom is 0.0573 e. The Balaban J connectivity index is 2.15. The lowest BCUT2D eigenvalue weighted by molar-refractivity contribution is 1.19. The normalized spacial score (nSPS) is 9.75. The first kappa shape index (κ1) is 10.4. The lowest BCUT2D eigenvalue weighted by Crippen LogP contribution is -1.92. The van der Waals surface area contributed by atoms with Crippen molar-refractivity contribution >= 4 is 11.4 Å². The van der Waals surface area contributed by atoms with Crippen LogP contribution in [0.3, 0.4) is 0 Å². The molecule has 0 aliphatic rings. The Bertz CT molecular complexity index is 463. The van der Waals surface area contributed by atoms with Crippen molar-refractivity contribution in [2.24, 2.45) is 0 Å². The van der Waals surface area contributed by atoms with Crippen molar-refractivity contribution in [1.82, 2.24) is 4.98 Å². The Kier molecular flexibility index (Phi) is 3.34. The van der Waals surface area contributed by atoms with Crippen LogP contribution in [0.25, 0.3) is 0 Å². The summed E-state index contributed by atoms with van der Waals surface area (Å²) in [5.74, 6) is 0. The van der Waals surface area contributed by atoms with E-state index in [1.165, 1.54) is 0 Å². The molecule has 0 aliphatic heterocycles. The average molecular weight is 210 g/mol. The van der Waals surface area contributed by atoms with Gasteiger partial charge in [0.2, 0.25) is 0 Å². The number of rotatable bonds is 4. The molecule has 0 spiro atoms. The Morgan fingerprint density at radius 3 is 2.69 bits per heavy atom. The number of allylic oxidation sites excluding steroid dienone is 1. The van der Waals surface area contributed by atoms with E-state index < -0.39 is 0 Å². The van der Waals surface area contributed by atoms with E-state index in [0.717, 1.165) is 23.4 Å². The van der Waals surface area contributed by atoms with Crippen LogP contribution in [-0.2, 0) is 6.42 Å². The smallest absolute Gasteiger partial charge is 0.0573 e. The van der Waals surface area contributed by atoms with Crippen molar-refractivity contribution in [3.63, 3.8) is 0 Å². The summed E-state index contributed by atoms with van der Waals surface area (Å²) >= 11 is 0. The molecule has 0 saturated heterocycles. The number of hydrogen-bond donors (Lipinski definition) is 1. The standard InChI is InChI=1S/C14H14N2/c1-2-6-12-9-14(11-15-10-12)16-13-7-4-3-5-8-13/h2-5,7-11,16H,1,6H2. The van der Waals surface area contributed by atoms with E-state index in [2.05, 4.69) is 22.9 Å². The zero-order valence-corrected chi connectivity index (χ0v) is 9.06. The summed E-state index contributed by atoms with van der Waals surface area (Å²) in [6.07, 6.45) is 6.40. The fraction of sp³-hybridized carbons (Fsp3) is 0.0714. The first-order valence-corrected chi connectivity index (χ1v) is 5.25. The highest BCUT2D eigenvalue weighted by molar-refractivity contribution is 5.58. The third kappa shape index (κ3) is 2.70. The Hall–Kier alpha value is -2.09. The van der Waals surface area contributed by atoms with E-state index in [-0.39, 0.29) is 0 Å². The van der Waals surface area contributed by atoms with E-state index in [0.29, 0.717) is 0 Å². The van der Waals surface area contributed by atoms with Gasteiger partial charge in [0.05, 0.1) is 11.9 Å². The van der Waals surface area contributed by atoms with Gasteiger partial charge >= 0.3 is 0 Å². The van der Waals surface area contributed by atoms with Crippen LogP contribution >= 0.6 is 0 Å². The molecule has 0 amide bonds. The number of para-hydroxylation sites is 1. The molecule has 1 heterocycles. The summed E-state index contributed by atoms with van der Waals surface area (Å²) in [5, 5.41) is 3.31. The van der Waals surface area contributed by atoms with Crippen LogP contribution in [-0.4, -0.2) is 4.98 Å². The zero-order chi connectivity index (χ0) is 11.2. The van der Waals surface area contributed by atoms with Crippen LogP contribution in [0.1, 0.15) is 5.56 Å². The molecule has 0 aliphatic carbocycles. The van der Waals surface area contributed by atoms with Gasteiger partial charge in [-0.3, -0.25) is 4.98 Å². The Morgan fingerprint density at radius 1 is 1.12 bits per heavy atom. The monoisotopic (exact) mass is 210 g/mol. The van der Waals surface area contributed by atoms with Gasteiger partial charge < -0.3 is 5.32 Å². The van der Waals surface area contributed by atoms with E-state index in [4.69, 9.17) is 0 Å². The van der Waals surface area contributed by atoms with E-state index in [1.807, 2.05) is 48.8 Å². The predicted octanol–water partition coefficient (Wildman–Crippen LogP) is 3.55. The van der Waals surface area contributed by atoms with Crippen LogP contribution in [0.2, 0.25) is 0 Å². The van der Waals surface area contributed by atoms with Crippen LogP contribution in [0.15, 0.2) is 61.4 Å². The molecule has 80 valence electrons. The molecule has 1 aromatic carbocycles. The van der Waals surface area contributed by atoms with Gasteiger partial charge in [0, 0.05) is 11.9 Å². The largest absolute Gasteiger partial charge is 0.354 e. The highest BCUT2D eigenvalue weighted by atomic mass is 14.9. The third-order valence-electron chi connectivity index (χ3n) is 2.24. The number of nitrogens with one attached hydrogen (secondary N) is 1. The Morgan fingerprint density at radius 2 is 1.94 bits per heavy atom. The van der Waals surface area contributed by atoms with Crippen molar-refractivity contribution in [3.8, 4) is 0 Å². The summed E-state index contributed by atoms with van der Waals surface area (Å²) in [7, 11) is 0. The SMILES string of the molecule is C=CCc1cncc(Nc2ccccc2)c1. The summed E-state index contributed by atoms with van der Waals surface area (Å²) < 4.78 is 0. The molecule has 16 heavy (non-hydrogen) atoms. The van der Waals surface area contributed by atoms with Crippen molar-refractivity contribution in [3.05, 3.63) is 67.0 Å². The van der Waals surface area contributed by atoms with E-state index in [9.17, 15) is 0 Å². The third-order valence-corrected chi connectivity index (χ3v) is 2.24. The summed E-state index contributed by atoms with van der Waals surface area (Å²) in [4.78, 5) is 4.19. The van der Waals surface area contributed by atoms with Gasteiger partial charge in [0.1, 0.15) is 0 Å². The molecule has 0 fully saturated rings. The first-order valence-electron chi connectivity index (χ1n) is 5.25. The van der Waals surface area contributed by atoms with Gasteiger partial charge in [-0.1, -0.05) is 24.3 Å². The molecule has 2 nitrogen and oxygen atoms in total. The molecule has 2 aromatic rings. The number of benzene rings is 1. The number of pyridine rings is 1. The van der Waals surface area contributed by atoms with E-state index >= 15 is 0 Å². The fourth-order valence-electron chi connectivity index (χ4n) is 1.52. The van der Waals surface area contributed by atoms with Crippen molar-refractivity contribution < 1.29 is 0 Å². The summed E-state index contributed by atoms with van der Waals surface area (Å²) in [6.45, 7) is 3.72. The van der Waals surface area contributed by atoms with Gasteiger partial charge in [-0.15, -0.1) is 6.58 Å². The molecule has 1 N–H and O–H groups in total. The maximum absolute atomic E-state index is 4.19. The molecule has 1 aromatic heterocycles. The molecule has 0 unspecified atom stereocenters. The van der Waals surface area contributed by atoms with Crippen LogP contribution in [0.5, 0.6) is 0 Å². The molecule has 0 radical (unpaired) electrons. The number of aromatic nitrogens is 1. The number of anilines is 2. The van der Waals surface area contributed by atoms with Crippen molar-refractivity contribution in [1.29, 1.82) is 0 Å². The second-order valence-corrected chi connectivity index (χ2v) is 3.57. The lowest BCUT2D eigenvalue weighted by atomic mass is 10.2. The maximum atomic E-state index is 4.19. The molecule has 0 atom stereocenters. The molecule has 0 bridgehead atoms. The number of nitrogens with zero attached hydrogens (tertiary/aromatic N) is 1. The van der Waals surface area contributed by atoms with Gasteiger partial charge in [-0.25, -0.2) is 0 Å². The van der Waals surface area contributed by atoms with Gasteiger partial charge in [0.25, 0.3) is 0 Å². The molecular formula is C14H14N2. The fourth-order valence-corrected chi connectivity index (χ4v) is 1.52. The predicted molar refractivity (Wildman–Crippen MR) is 67.9 cm³/mol. The zero-order valence-electron chi connectivity index (χ0n) is 9.06. The average Bonchev–Trinajstić information content (AvgIpc) is 2.31. The second-order valence-electron chi connectivity index (χ2n) is 3.57. The summed E-state index contributed by atoms with van der Waals surface area (Å²) in [6, 6.07) is 12.1. The van der Waals surface area contributed by atoms with Crippen LogP contribution in [0, 0.1) is 0 Å². The van der Waals surface area contributed by atoms with Gasteiger partial charge in [0.15, 0.2) is 0 Å². The molecule has 2 heteroatoms. The topological polar surface area (TPSA) is 24.9 Å². The van der Waals surface area contributed by atoms with Crippen molar-refractivity contribution in [2.75, 3.05) is 5.32 Å². The minimum absolute atomic E-state index is 0.845. The molecule has 0 saturated carbocycles. The first-order chi connectivity index (χ1) is 7.88. The van der Waals surface area contributed by atoms with Gasteiger partial charge in [-0.2, -0.15) is 0 Å². The molecular weight excluding hydrogens is 196 g/mol. The van der Waals surface area contributed by atoms with E-state index in [1.54, 1.807) is 0 Å². The molecule has 2 rings (SSSR count). The highest BCUT2D eigenvalue weighted by Crippen LogP contribution is 2.16. The number of hydrogen-bond acceptors (Lipinski definition) is 2. The minimum atomic E-state index is 0.845. The minimum Gasteiger partial charge on any atom is -0.354 e.